The Morgan fingerprint density at radius 2 is 2.20 bits per heavy atom. The summed E-state index contributed by atoms with van der Waals surface area (Å²) >= 11 is 1.37. The second kappa shape index (κ2) is 3.64. The van der Waals surface area contributed by atoms with Gasteiger partial charge in [-0.2, -0.15) is 0 Å². The zero-order valence-corrected chi connectivity index (χ0v) is 10.2. The Labute approximate surface area is 89.7 Å². The lowest BCUT2D eigenvalue weighted by Crippen LogP contribution is -2.29. The second-order valence-electron chi connectivity index (χ2n) is 2.75. The monoisotopic (exact) mass is 249 g/mol. The van der Waals surface area contributed by atoms with E-state index in [1.807, 2.05) is 0 Å². The van der Waals surface area contributed by atoms with Crippen LogP contribution in [0.4, 0.5) is 0 Å². The van der Waals surface area contributed by atoms with Crippen molar-refractivity contribution in [1.82, 2.24) is 14.9 Å². The molecule has 7 nitrogen and oxygen atoms in total. The highest BCUT2D eigenvalue weighted by atomic mass is 32.1. The van der Waals surface area contributed by atoms with Crippen molar-refractivity contribution in [1.29, 1.82) is 0 Å². The molecule has 15 heavy (non-hydrogen) atoms. The largest absolute Gasteiger partial charge is 0.396 e. The fourth-order valence-corrected chi connectivity index (χ4v) is 3.55. The van der Waals surface area contributed by atoms with Gasteiger partial charge in [-0.05, 0) is 4.52 Å². The molecule has 2 heterocycles. The van der Waals surface area contributed by atoms with Crippen molar-refractivity contribution in [2.75, 3.05) is 14.2 Å². The molecule has 0 aliphatic rings. The van der Waals surface area contributed by atoms with Crippen molar-refractivity contribution in [3.05, 3.63) is 5.38 Å². The van der Waals surface area contributed by atoms with Crippen molar-refractivity contribution < 1.29 is 18.3 Å². The lowest BCUT2D eigenvalue weighted by molar-refractivity contribution is -0.705. The lowest BCUT2D eigenvalue weighted by atomic mass is 11.0. The van der Waals surface area contributed by atoms with Crippen molar-refractivity contribution in [2.24, 2.45) is 7.05 Å². The summed E-state index contributed by atoms with van der Waals surface area (Å²) in [6, 6.07) is 0. The first-order valence-corrected chi connectivity index (χ1v) is 6.46. The number of rotatable bonds is 3. The average molecular weight is 249 g/mol. The van der Waals surface area contributed by atoms with E-state index in [9.17, 15) is 4.57 Å². The molecule has 2 aromatic heterocycles. The van der Waals surface area contributed by atoms with Crippen LogP contribution in [-0.4, -0.2) is 29.2 Å². The molecule has 82 valence electrons. The van der Waals surface area contributed by atoms with Gasteiger partial charge >= 0.3 is 12.6 Å². The fraction of sp³-hybridized carbons (Fsp3) is 0.500. The van der Waals surface area contributed by atoms with Crippen LogP contribution in [0.25, 0.3) is 4.96 Å². The van der Waals surface area contributed by atoms with Gasteiger partial charge in [-0.25, -0.2) is 0 Å². The Bertz CT molecular complexity index is 527. The number of hydrogen-bond donors (Lipinski definition) is 0. The number of fused-ring (bicyclic) bond motifs is 1. The molecule has 0 bridgehead atoms. The highest BCUT2D eigenvalue weighted by Crippen LogP contribution is 2.45. The molecule has 2 rings (SSSR count). The molecule has 9 heteroatoms. The molecular formula is C6H10N4O3PS+. The maximum atomic E-state index is 12.1. The molecule has 0 unspecified atom stereocenters. The number of tetrazole rings is 1. The Morgan fingerprint density at radius 3 is 2.80 bits per heavy atom. The molecule has 0 aliphatic carbocycles. The predicted octanol–water partition coefficient (Wildman–Crippen LogP) is -0.274. The molecule has 0 amide bonds. The van der Waals surface area contributed by atoms with Crippen LogP contribution in [0.2, 0.25) is 0 Å². The van der Waals surface area contributed by atoms with E-state index in [0.717, 1.165) is 4.96 Å². The van der Waals surface area contributed by atoms with E-state index in [-0.39, 0.29) is 0 Å². The Hall–Kier alpha value is -0.820. The molecule has 2 aromatic rings. The topological polar surface area (TPSA) is 69.6 Å². The van der Waals surface area contributed by atoms with Gasteiger partial charge in [0, 0.05) is 19.6 Å². The number of thiazole rings is 1. The van der Waals surface area contributed by atoms with Crippen LogP contribution in [-0.2, 0) is 20.7 Å². The standard InChI is InChI=1S/C6H10N4O3PS/c1-9-6-10(8-7-9)5(4-15-6)14(11,12-2)13-3/h4H,1-3H3/q+1. The molecule has 0 aliphatic heterocycles. The van der Waals surface area contributed by atoms with Crippen LogP contribution in [0.5, 0.6) is 0 Å². The van der Waals surface area contributed by atoms with E-state index in [2.05, 4.69) is 10.4 Å². The SMILES string of the molecule is COP(=O)(OC)c1csc2n1nn[n+]2C. The zero-order valence-electron chi connectivity index (χ0n) is 8.45. The predicted molar refractivity (Wildman–Crippen MR) is 53.3 cm³/mol. The first-order chi connectivity index (χ1) is 7.12. The highest BCUT2D eigenvalue weighted by Gasteiger charge is 2.35. The maximum absolute atomic E-state index is 12.1. The van der Waals surface area contributed by atoms with E-state index in [1.165, 1.54) is 30.1 Å². The summed E-state index contributed by atoms with van der Waals surface area (Å²) in [6.45, 7) is 0. The van der Waals surface area contributed by atoms with E-state index < -0.39 is 7.60 Å². The van der Waals surface area contributed by atoms with Crippen molar-refractivity contribution in [2.45, 2.75) is 0 Å². The van der Waals surface area contributed by atoms with Crippen molar-refractivity contribution in [3.8, 4) is 0 Å². The lowest BCUT2D eigenvalue weighted by Gasteiger charge is -2.08. The molecule has 0 N–H and O–H groups in total. The van der Waals surface area contributed by atoms with Gasteiger partial charge in [-0.3, -0.25) is 4.57 Å². The minimum atomic E-state index is -3.26. The molecule has 0 aromatic carbocycles. The average Bonchev–Trinajstić information content (AvgIpc) is 2.81. The molecule has 0 radical (unpaired) electrons. The summed E-state index contributed by atoms with van der Waals surface area (Å²) in [5.74, 6) is 0. The second-order valence-corrected chi connectivity index (χ2v) is 5.77. The third-order valence-corrected chi connectivity index (χ3v) is 4.97. The summed E-state index contributed by atoms with van der Waals surface area (Å²) in [7, 11) is 1.17. The molecule has 0 saturated carbocycles. The van der Waals surface area contributed by atoms with Gasteiger partial charge < -0.3 is 9.05 Å². The smallest absolute Gasteiger partial charge is 0.306 e. The van der Waals surface area contributed by atoms with Gasteiger partial charge in [-0.15, -0.1) is 4.68 Å². The van der Waals surface area contributed by atoms with Gasteiger partial charge in [0.15, 0.2) is 5.21 Å². The maximum Gasteiger partial charge on any atom is 0.396 e. The fourth-order valence-electron chi connectivity index (χ4n) is 1.18. The zero-order chi connectivity index (χ0) is 11.1. The van der Waals surface area contributed by atoms with Gasteiger partial charge in [0.05, 0.1) is 7.05 Å². The molecular weight excluding hydrogens is 239 g/mol. The van der Waals surface area contributed by atoms with E-state index in [0.29, 0.717) is 5.44 Å². The van der Waals surface area contributed by atoms with Crippen molar-refractivity contribution >= 4 is 29.3 Å². The summed E-state index contributed by atoms with van der Waals surface area (Å²) in [4.78, 5) is 0.763. The summed E-state index contributed by atoms with van der Waals surface area (Å²) in [5.41, 5.74) is 0.389. The number of aryl methyl sites for hydroxylation is 1. The number of nitrogens with zero attached hydrogens (tertiary/aromatic N) is 4. The van der Waals surface area contributed by atoms with Crippen molar-refractivity contribution in [3.63, 3.8) is 0 Å². The van der Waals surface area contributed by atoms with E-state index in [4.69, 9.17) is 9.05 Å². The third-order valence-electron chi connectivity index (χ3n) is 1.97. The Balaban J connectivity index is 2.66. The van der Waals surface area contributed by atoms with Crippen LogP contribution < -0.4 is 10.1 Å². The molecule has 0 saturated heterocycles. The summed E-state index contributed by atoms with van der Waals surface area (Å²) < 4.78 is 24.9. The van der Waals surface area contributed by atoms with Gasteiger partial charge in [-0.1, -0.05) is 11.3 Å². The van der Waals surface area contributed by atoms with Crippen LogP contribution >= 0.6 is 18.9 Å². The van der Waals surface area contributed by atoms with Gasteiger partial charge in [0.1, 0.15) is 5.21 Å². The summed E-state index contributed by atoms with van der Waals surface area (Å²) in [6.07, 6.45) is 0. The number of hydrogen-bond acceptors (Lipinski definition) is 6. The molecule has 0 spiro atoms. The van der Waals surface area contributed by atoms with Crippen LogP contribution in [0, 0.1) is 0 Å². The molecule has 0 fully saturated rings. The summed E-state index contributed by atoms with van der Waals surface area (Å²) in [5, 5.41) is 9.35. The van der Waals surface area contributed by atoms with Gasteiger partial charge in [0.25, 0.3) is 0 Å². The third kappa shape index (κ3) is 1.50. The van der Waals surface area contributed by atoms with Crippen LogP contribution in [0.15, 0.2) is 5.38 Å². The normalized spacial score (nSPS) is 12.5. The van der Waals surface area contributed by atoms with E-state index in [1.54, 1.807) is 17.1 Å². The number of aromatic nitrogens is 4. The minimum absolute atomic E-state index is 0.389. The Morgan fingerprint density at radius 1 is 1.53 bits per heavy atom. The first-order valence-electron chi connectivity index (χ1n) is 4.03. The quantitative estimate of drug-likeness (QED) is 0.553. The highest BCUT2D eigenvalue weighted by molar-refractivity contribution is 7.62. The van der Waals surface area contributed by atoms with Crippen LogP contribution in [0.3, 0.4) is 0 Å². The first kappa shape index (κ1) is 10.7. The van der Waals surface area contributed by atoms with Crippen LogP contribution in [0.1, 0.15) is 0 Å². The Kier molecular flexibility index (Phi) is 2.59. The van der Waals surface area contributed by atoms with Gasteiger partial charge in [0.2, 0.25) is 5.44 Å². The molecule has 0 atom stereocenters. The minimum Gasteiger partial charge on any atom is -0.306 e. The van der Waals surface area contributed by atoms with E-state index >= 15 is 0 Å².